The zero-order chi connectivity index (χ0) is 25.3. The molecule has 3 N–H and O–H groups in total. The molecule has 35 heavy (non-hydrogen) atoms. The molecule has 0 unspecified atom stereocenters. The molecule has 2 aromatic heterocycles. The van der Waals surface area contributed by atoms with Gasteiger partial charge in [0.05, 0.1) is 11.1 Å². The highest BCUT2D eigenvalue weighted by atomic mass is 32.2. The Hall–Kier alpha value is -3.80. The van der Waals surface area contributed by atoms with Gasteiger partial charge in [0.1, 0.15) is 11.4 Å². The molecule has 0 radical (unpaired) electrons. The summed E-state index contributed by atoms with van der Waals surface area (Å²) >= 11 is 0. The Kier molecular flexibility index (Phi) is 6.57. The SMILES string of the molecule is Cc1nc2c(C(N)=O)cnn2c(C)c1CCC(=O)Nc1cccc(S(=O)(=O)/N=C2\CCCN2C)c1. The third-order valence-corrected chi connectivity index (χ3v) is 7.35. The van der Waals surface area contributed by atoms with Crippen molar-refractivity contribution >= 4 is 39.0 Å². The average molecular weight is 498 g/mol. The van der Waals surface area contributed by atoms with Crippen molar-refractivity contribution in [2.45, 2.75) is 44.4 Å². The van der Waals surface area contributed by atoms with E-state index in [0.717, 1.165) is 24.2 Å². The number of rotatable bonds is 7. The number of amides is 2. The summed E-state index contributed by atoms with van der Waals surface area (Å²) in [5, 5.41) is 6.95. The maximum atomic E-state index is 12.7. The van der Waals surface area contributed by atoms with Crippen LogP contribution in [0.5, 0.6) is 0 Å². The predicted molar refractivity (Wildman–Crippen MR) is 131 cm³/mol. The number of benzene rings is 1. The molecule has 3 aromatic rings. The number of aromatic nitrogens is 3. The molecular formula is C23H27N7O4S. The number of anilines is 1. The normalized spacial score (nSPS) is 15.2. The van der Waals surface area contributed by atoms with Crippen molar-refractivity contribution in [2.24, 2.45) is 10.1 Å². The first-order valence-corrected chi connectivity index (χ1v) is 12.6. The van der Waals surface area contributed by atoms with E-state index in [9.17, 15) is 18.0 Å². The minimum absolute atomic E-state index is 0.0216. The molecule has 3 heterocycles. The molecule has 1 saturated heterocycles. The molecule has 0 saturated carbocycles. The molecular weight excluding hydrogens is 470 g/mol. The van der Waals surface area contributed by atoms with Gasteiger partial charge in [-0.2, -0.15) is 13.5 Å². The van der Waals surface area contributed by atoms with Crippen LogP contribution in [0.3, 0.4) is 0 Å². The van der Waals surface area contributed by atoms with Gasteiger partial charge < -0.3 is 16.0 Å². The van der Waals surface area contributed by atoms with Gasteiger partial charge in [-0.15, -0.1) is 4.40 Å². The number of likely N-dealkylation sites (tertiary alicyclic amines) is 1. The molecule has 0 bridgehead atoms. The number of primary amides is 1. The van der Waals surface area contributed by atoms with Crippen molar-refractivity contribution in [3.8, 4) is 0 Å². The van der Waals surface area contributed by atoms with Crippen molar-refractivity contribution in [1.82, 2.24) is 19.5 Å². The first kappa shape index (κ1) is 24.3. The lowest BCUT2D eigenvalue weighted by atomic mass is 10.1. The van der Waals surface area contributed by atoms with Crippen molar-refractivity contribution in [3.05, 3.63) is 53.0 Å². The molecule has 0 atom stereocenters. The van der Waals surface area contributed by atoms with Crippen LogP contribution in [0.25, 0.3) is 5.65 Å². The molecule has 1 aliphatic rings. The van der Waals surface area contributed by atoms with Gasteiger partial charge in [-0.05, 0) is 50.5 Å². The lowest BCUT2D eigenvalue weighted by Crippen LogP contribution is -2.20. The average Bonchev–Trinajstić information content (AvgIpc) is 3.39. The van der Waals surface area contributed by atoms with Crippen molar-refractivity contribution in [3.63, 3.8) is 0 Å². The van der Waals surface area contributed by atoms with Crippen LogP contribution in [0.1, 0.15) is 46.6 Å². The highest BCUT2D eigenvalue weighted by Crippen LogP contribution is 2.22. The highest BCUT2D eigenvalue weighted by molar-refractivity contribution is 7.90. The molecule has 2 amide bonds. The summed E-state index contributed by atoms with van der Waals surface area (Å²) < 4.78 is 31.0. The zero-order valence-electron chi connectivity index (χ0n) is 19.8. The van der Waals surface area contributed by atoms with Crippen LogP contribution in [-0.2, 0) is 21.2 Å². The van der Waals surface area contributed by atoms with E-state index in [-0.39, 0.29) is 22.8 Å². The van der Waals surface area contributed by atoms with Gasteiger partial charge in [-0.3, -0.25) is 9.59 Å². The number of sulfonamides is 1. The summed E-state index contributed by atoms with van der Waals surface area (Å²) in [6, 6.07) is 6.07. The van der Waals surface area contributed by atoms with Gasteiger partial charge in [-0.25, -0.2) is 9.50 Å². The quantitative estimate of drug-likeness (QED) is 0.505. The van der Waals surface area contributed by atoms with Crippen LogP contribution >= 0.6 is 0 Å². The molecule has 1 fully saturated rings. The molecule has 0 spiro atoms. The van der Waals surface area contributed by atoms with E-state index in [1.165, 1.54) is 22.8 Å². The summed E-state index contributed by atoms with van der Waals surface area (Å²) in [6.45, 7) is 4.42. The number of carbonyl (C=O) groups is 2. The second-order valence-electron chi connectivity index (χ2n) is 8.50. The lowest BCUT2D eigenvalue weighted by molar-refractivity contribution is -0.116. The van der Waals surface area contributed by atoms with Crippen LogP contribution in [0.15, 0.2) is 39.8 Å². The van der Waals surface area contributed by atoms with Crippen LogP contribution in [0, 0.1) is 13.8 Å². The molecule has 1 aliphatic heterocycles. The fourth-order valence-electron chi connectivity index (χ4n) is 4.14. The number of nitrogens with zero attached hydrogens (tertiary/aromatic N) is 5. The Morgan fingerprint density at radius 2 is 2.03 bits per heavy atom. The standard InChI is InChI=1S/C23H27N7O4S/c1-14-18(15(2)30-23(26-14)19(13-25-30)22(24)32)9-10-21(31)27-16-6-4-7-17(12-16)35(33,34)28-20-8-5-11-29(20)3/h4,6-7,12-13H,5,8-11H2,1-3H3,(H2,24,32)(H,27,31)/b28-20+. The van der Waals surface area contributed by atoms with E-state index in [1.807, 2.05) is 18.9 Å². The molecule has 0 aliphatic carbocycles. The number of amidine groups is 1. The van der Waals surface area contributed by atoms with Gasteiger partial charge in [0.15, 0.2) is 5.65 Å². The minimum atomic E-state index is -3.88. The van der Waals surface area contributed by atoms with Crippen LogP contribution in [-0.4, -0.2) is 59.2 Å². The van der Waals surface area contributed by atoms with E-state index in [0.29, 0.717) is 35.7 Å². The maximum Gasteiger partial charge on any atom is 0.284 e. The molecule has 184 valence electrons. The number of hydrogen-bond acceptors (Lipinski definition) is 6. The summed E-state index contributed by atoms with van der Waals surface area (Å²) in [5.74, 6) is -0.348. The van der Waals surface area contributed by atoms with E-state index in [2.05, 4.69) is 19.8 Å². The van der Waals surface area contributed by atoms with E-state index >= 15 is 0 Å². The van der Waals surface area contributed by atoms with E-state index in [1.54, 1.807) is 19.1 Å². The Labute approximate surface area is 203 Å². The first-order valence-electron chi connectivity index (χ1n) is 11.2. The topological polar surface area (TPSA) is 152 Å². The number of nitrogens with two attached hydrogens (primary N) is 1. The number of aryl methyl sites for hydroxylation is 2. The number of carbonyl (C=O) groups excluding carboxylic acids is 2. The Balaban J connectivity index is 1.47. The van der Waals surface area contributed by atoms with Crippen LogP contribution < -0.4 is 11.1 Å². The third kappa shape index (κ3) is 5.02. The molecule has 4 rings (SSSR count). The fraction of sp³-hybridized carbons (Fsp3) is 0.348. The number of fused-ring (bicyclic) bond motifs is 1. The number of nitrogens with one attached hydrogen (secondary N) is 1. The second kappa shape index (κ2) is 9.45. The van der Waals surface area contributed by atoms with E-state index in [4.69, 9.17) is 5.73 Å². The van der Waals surface area contributed by atoms with Crippen molar-refractivity contribution in [1.29, 1.82) is 0 Å². The van der Waals surface area contributed by atoms with Crippen LogP contribution in [0.4, 0.5) is 5.69 Å². The van der Waals surface area contributed by atoms with Gasteiger partial charge in [0.2, 0.25) is 5.91 Å². The smallest absolute Gasteiger partial charge is 0.284 e. The fourth-order valence-corrected chi connectivity index (χ4v) is 5.28. The lowest BCUT2D eigenvalue weighted by Gasteiger charge is -2.12. The van der Waals surface area contributed by atoms with Gasteiger partial charge in [0.25, 0.3) is 15.9 Å². The third-order valence-electron chi connectivity index (χ3n) is 6.05. The molecule has 12 heteroatoms. The summed E-state index contributed by atoms with van der Waals surface area (Å²) in [6.07, 6.45) is 3.40. The highest BCUT2D eigenvalue weighted by Gasteiger charge is 2.21. The van der Waals surface area contributed by atoms with Crippen LogP contribution in [0.2, 0.25) is 0 Å². The Bertz CT molecular complexity index is 1460. The summed E-state index contributed by atoms with van der Waals surface area (Å²) in [7, 11) is -2.07. The summed E-state index contributed by atoms with van der Waals surface area (Å²) in [4.78, 5) is 30.5. The number of hydrogen-bond donors (Lipinski definition) is 2. The second-order valence-corrected chi connectivity index (χ2v) is 10.1. The monoisotopic (exact) mass is 497 g/mol. The van der Waals surface area contributed by atoms with Gasteiger partial charge in [-0.1, -0.05) is 6.07 Å². The maximum absolute atomic E-state index is 12.7. The molecule has 1 aromatic carbocycles. The first-order chi connectivity index (χ1) is 16.6. The molecule has 11 nitrogen and oxygen atoms in total. The Morgan fingerprint density at radius 1 is 1.26 bits per heavy atom. The predicted octanol–water partition coefficient (Wildman–Crippen LogP) is 1.83. The van der Waals surface area contributed by atoms with Gasteiger partial charge >= 0.3 is 0 Å². The largest absolute Gasteiger partial charge is 0.365 e. The minimum Gasteiger partial charge on any atom is -0.365 e. The van der Waals surface area contributed by atoms with Gasteiger partial charge in [0, 0.05) is 43.5 Å². The van der Waals surface area contributed by atoms with E-state index < -0.39 is 15.9 Å². The zero-order valence-corrected chi connectivity index (χ0v) is 20.6. The summed E-state index contributed by atoms with van der Waals surface area (Å²) in [5.41, 5.74) is 8.64. The Morgan fingerprint density at radius 3 is 2.71 bits per heavy atom. The van der Waals surface area contributed by atoms with Crippen molar-refractivity contribution in [2.75, 3.05) is 18.9 Å². The van der Waals surface area contributed by atoms with Crippen molar-refractivity contribution < 1.29 is 18.0 Å².